The summed E-state index contributed by atoms with van der Waals surface area (Å²) >= 11 is 0. The number of nitrogens with zero attached hydrogens (tertiary/aromatic N) is 1. The number of halogens is 2. The number of esters is 1. The van der Waals surface area contributed by atoms with E-state index in [1.807, 2.05) is 0 Å². The number of fused-ring (bicyclic) bond motifs is 1. The third kappa shape index (κ3) is 1.23. The fourth-order valence-electron chi connectivity index (χ4n) is 3.46. The normalized spacial score (nSPS) is 40.2. The first-order valence-corrected chi connectivity index (χ1v) is 6.22. The standard InChI is InChI=1S/C12H15F2NO3/c1-2-18-9(17)11-4-3-8(16)15(11)7-10(5-11)6-12(10,13)14/h2-7H2,1H3/t10?,11-/m0/s1. The van der Waals surface area contributed by atoms with Gasteiger partial charge in [0.25, 0.3) is 5.92 Å². The lowest BCUT2D eigenvalue weighted by atomic mass is 9.88. The highest BCUT2D eigenvalue weighted by Gasteiger charge is 2.79. The molecule has 0 bridgehead atoms. The van der Waals surface area contributed by atoms with Crippen molar-refractivity contribution in [2.75, 3.05) is 13.2 Å². The Morgan fingerprint density at radius 3 is 2.67 bits per heavy atom. The highest BCUT2D eigenvalue weighted by molar-refractivity contribution is 5.93. The largest absolute Gasteiger partial charge is 0.464 e. The van der Waals surface area contributed by atoms with Gasteiger partial charge in [0, 0.05) is 19.4 Å². The molecule has 6 heteroatoms. The molecule has 1 unspecified atom stereocenters. The number of amides is 1. The van der Waals surface area contributed by atoms with E-state index in [1.165, 1.54) is 4.90 Å². The van der Waals surface area contributed by atoms with Gasteiger partial charge in [-0.05, 0) is 19.8 Å². The summed E-state index contributed by atoms with van der Waals surface area (Å²) in [7, 11) is 0. The van der Waals surface area contributed by atoms with Crippen molar-refractivity contribution < 1.29 is 23.1 Å². The molecule has 0 aromatic heterocycles. The zero-order valence-corrected chi connectivity index (χ0v) is 10.2. The number of hydrogen-bond donors (Lipinski definition) is 0. The summed E-state index contributed by atoms with van der Waals surface area (Å²) in [4.78, 5) is 25.2. The molecule has 0 N–H and O–H groups in total. The molecule has 4 nitrogen and oxygen atoms in total. The van der Waals surface area contributed by atoms with Gasteiger partial charge >= 0.3 is 5.97 Å². The Kier molecular flexibility index (Phi) is 2.12. The Labute approximate surface area is 103 Å². The molecule has 3 aliphatic rings. The minimum absolute atomic E-state index is 0.00233. The fourth-order valence-corrected chi connectivity index (χ4v) is 3.46. The number of ether oxygens (including phenoxy) is 1. The van der Waals surface area contributed by atoms with Crippen molar-refractivity contribution in [2.45, 2.75) is 44.1 Å². The van der Waals surface area contributed by atoms with Gasteiger partial charge in [0.15, 0.2) is 0 Å². The van der Waals surface area contributed by atoms with Crippen molar-refractivity contribution in [3.63, 3.8) is 0 Å². The Morgan fingerprint density at radius 2 is 2.11 bits per heavy atom. The third-order valence-electron chi connectivity index (χ3n) is 4.53. The highest BCUT2D eigenvalue weighted by atomic mass is 19.3. The van der Waals surface area contributed by atoms with Gasteiger partial charge < -0.3 is 9.64 Å². The summed E-state index contributed by atoms with van der Waals surface area (Å²) in [5, 5.41) is 0. The van der Waals surface area contributed by atoms with Crippen molar-refractivity contribution >= 4 is 11.9 Å². The van der Waals surface area contributed by atoms with Crippen LogP contribution in [0.1, 0.15) is 32.6 Å². The van der Waals surface area contributed by atoms with Crippen molar-refractivity contribution in [1.29, 1.82) is 0 Å². The molecule has 1 spiro atoms. The lowest BCUT2D eigenvalue weighted by Gasteiger charge is -2.28. The van der Waals surface area contributed by atoms with Gasteiger partial charge in [-0.3, -0.25) is 4.79 Å². The molecule has 1 saturated carbocycles. The van der Waals surface area contributed by atoms with Gasteiger partial charge in [-0.2, -0.15) is 0 Å². The van der Waals surface area contributed by atoms with E-state index in [2.05, 4.69) is 0 Å². The van der Waals surface area contributed by atoms with E-state index in [1.54, 1.807) is 6.92 Å². The fraction of sp³-hybridized carbons (Fsp3) is 0.833. The lowest BCUT2D eigenvalue weighted by molar-refractivity contribution is -0.157. The number of carbonyl (C=O) groups is 2. The van der Waals surface area contributed by atoms with E-state index in [-0.39, 0.29) is 38.3 Å². The molecule has 3 rings (SSSR count). The molecule has 0 aromatic carbocycles. The second-order valence-corrected chi connectivity index (χ2v) is 5.57. The second-order valence-electron chi connectivity index (χ2n) is 5.57. The van der Waals surface area contributed by atoms with Gasteiger partial charge in [0.1, 0.15) is 5.54 Å². The smallest absolute Gasteiger partial charge is 0.332 e. The minimum Gasteiger partial charge on any atom is -0.464 e. The number of rotatable bonds is 2. The molecule has 0 radical (unpaired) electrons. The maximum Gasteiger partial charge on any atom is 0.332 e. The topological polar surface area (TPSA) is 46.6 Å². The summed E-state index contributed by atoms with van der Waals surface area (Å²) < 4.78 is 31.9. The predicted molar refractivity (Wildman–Crippen MR) is 56.9 cm³/mol. The van der Waals surface area contributed by atoms with E-state index in [9.17, 15) is 18.4 Å². The lowest BCUT2D eigenvalue weighted by Crippen LogP contribution is -2.48. The van der Waals surface area contributed by atoms with Crippen LogP contribution in [0.15, 0.2) is 0 Å². The van der Waals surface area contributed by atoms with Crippen LogP contribution in [0.25, 0.3) is 0 Å². The van der Waals surface area contributed by atoms with Crippen LogP contribution in [-0.2, 0) is 14.3 Å². The molecular weight excluding hydrogens is 244 g/mol. The summed E-state index contributed by atoms with van der Waals surface area (Å²) in [6.07, 6.45) is 0.394. The maximum atomic E-state index is 13.5. The van der Waals surface area contributed by atoms with E-state index >= 15 is 0 Å². The van der Waals surface area contributed by atoms with Gasteiger partial charge in [0.2, 0.25) is 5.91 Å². The summed E-state index contributed by atoms with van der Waals surface area (Å²) in [6, 6.07) is 0. The third-order valence-corrected chi connectivity index (χ3v) is 4.53. The van der Waals surface area contributed by atoms with Crippen LogP contribution in [0.2, 0.25) is 0 Å². The molecule has 2 aliphatic heterocycles. The Morgan fingerprint density at radius 1 is 1.44 bits per heavy atom. The molecular formula is C12H15F2NO3. The molecule has 3 fully saturated rings. The van der Waals surface area contributed by atoms with Crippen LogP contribution in [0.3, 0.4) is 0 Å². The average Bonchev–Trinajstić information content (AvgIpc) is 2.60. The van der Waals surface area contributed by atoms with Crippen LogP contribution in [0, 0.1) is 5.41 Å². The van der Waals surface area contributed by atoms with Crippen molar-refractivity contribution in [1.82, 2.24) is 4.90 Å². The molecule has 100 valence electrons. The summed E-state index contributed by atoms with van der Waals surface area (Å²) in [5.74, 6) is -3.46. The molecule has 1 aliphatic carbocycles. The first-order valence-electron chi connectivity index (χ1n) is 6.22. The van der Waals surface area contributed by atoms with E-state index in [4.69, 9.17) is 4.74 Å². The SMILES string of the molecule is CCOC(=O)[C@@]12CCC(=O)N1CC1(CC1(F)F)C2. The second kappa shape index (κ2) is 3.22. The van der Waals surface area contributed by atoms with Crippen molar-refractivity contribution in [3.8, 4) is 0 Å². The van der Waals surface area contributed by atoms with Crippen molar-refractivity contribution in [2.24, 2.45) is 5.41 Å². The Balaban J connectivity index is 1.92. The summed E-state index contributed by atoms with van der Waals surface area (Å²) in [5.41, 5.74) is -2.29. The Hall–Kier alpha value is -1.20. The Bertz CT molecular complexity index is 439. The molecule has 0 aromatic rings. The predicted octanol–water partition coefficient (Wildman–Crippen LogP) is 1.34. The average molecular weight is 259 g/mol. The van der Waals surface area contributed by atoms with Crippen LogP contribution < -0.4 is 0 Å². The van der Waals surface area contributed by atoms with Crippen LogP contribution >= 0.6 is 0 Å². The van der Waals surface area contributed by atoms with Gasteiger partial charge in [-0.1, -0.05) is 0 Å². The molecule has 2 saturated heterocycles. The van der Waals surface area contributed by atoms with E-state index in [0.29, 0.717) is 6.42 Å². The molecule has 2 atom stereocenters. The van der Waals surface area contributed by atoms with Gasteiger partial charge in [0.05, 0.1) is 12.0 Å². The zero-order valence-electron chi connectivity index (χ0n) is 10.2. The van der Waals surface area contributed by atoms with Gasteiger partial charge in [-0.25, -0.2) is 13.6 Å². The minimum atomic E-state index is -2.74. The molecule has 2 heterocycles. The van der Waals surface area contributed by atoms with Gasteiger partial charge in [-0.15, -0.1) is 0 Å². The highest BCUT2D eigenvalue weighted by Crippen LogP contribution is 2.69. The van der Waals surface area contributed by atoms with Crippen LogP contribution in [0.5, 0.6) is 0 Å². The monoisotopic (exact) mass is 259 g/mol. The molecule has 1 amide bonds. The quantitative estimate of drug-likeness (QED) is 0.703. The molecule has 18 heavy (non-hydrogen) atoms. The van der Waals surface area contributed by atoms with Crippen LogP contribution in [-0.4, -0.2) is 41.4 Å². The van der Waals surface area contributed by atoms with Crippen LogP contribution in [0.4, 0.5) is 8.78 Å². The first-order chi connectivity index (χ1) is 8.37. The zero-order chi connectivity index (χ0) is 13.2. The number of alkyl halides is 2. The van der Waals surface area contributed by atoms with E-state index in [0.717, 1.165) is 0 Å². The van der Waals surface area contributed by atoms with Crippen molar-refractivity contribution in [3.05, 3.63) is 0 Å². The first kappa shape index (κ1) is 11.9. The van der Waals surface area contributed by atoms with E-state index < -0.39 is 22.8 Å². The summed E-state index contributed by atoms with van der Waals surface area (Å²) in [6.45, 7) is 1.87. The number of hydrogen-bond acceptors (Lipinski definition) is 3. The number of carbonyl (C=O) groups excluding carboxylic acids is 2. The maximum absolute atomic E-state index is 13.5.